The third kappa shape index (κ3) is 8.46. The Hall–Kier alpha value is -0.520. The molecule has 0 amide bonds. The maximum atomic E-state index is 12.3. The summed E-state index contributed by atoms with van der Waals surface area (Å²) in [5.74, 6) is 0. The van der Waals surface area contributed by atoms with Crippen molar-refractivity contribution in [3.05, 3.63) is 35.9 Å². The molecule has 0 aromatic heterocycles. The molecule has 0 aliphatic carbocycles. The molecule has 0 saturated carbocycles. The van der Waals surface area contributed by atoms with Gasteiger partial charge in [-0.05, 0) is 5.56 Å². The first-order valence-corrected chi connectivity index (χ1v) is 14.1. The van der Waals surface area contributed by atoms with E-state index in [1.165, 1.54) is 5.56 Å². The first-order chi connectivity index (χ1) is 13.2. The lowest BCUT2D eigenvalue weighted by molar-refractivity contribution is 0.221. The lowest BCUT2D eigenvalue weighted by atomic mass is 10.2. The molecule has 1 saturated heterocycles. The minimum Gasteiger partial charge on any atom is -0.343 e. The predicted molar refractivity (Wildman–Crippen MR) is 115 cm³/mol. The van der Waals surface area contributed by atoms with Crippen molar-refractivity contribution in [1.29, 1.82) is 0 Å². The van der Waals surface area contributed by atoms with E-state index < -0.39 is 14.7 Å². The molecule has 2 rings (SSSR count). The second kappa shape index (κ2) is 11.0. The van der Waals surface area contributed by atoms with Crippen LogP contribution < -0.4 is 0 Å². The van der Waals surface area contributed by atoms with E-state index in [1.807, 2.05) is 28.0 Å². The SMILES string of the molecule is CCP(=O)(O)CN1CCN(Cc2ccccc2)CCN(CP(=O)(O)CC)CC1. The zero-order chi connectivity index (χ0) is 20.6. The van der Waals surface area contributed by atoms with Crippen molar-refractivity contribution >= 4 is 14.7 Å². The standard InChI is InChI=1S/C19H35N3O4P2/c1-3-27(23,24)17-21-12-10-20(16-19-8-6-5-7-9-19)11-13-22(15-14-21)18-28(25,26)4-2/h5-9H,3-4,10-18H2,1-2H3,(H,23,24)(H,25,26). The number of hydrogen-bond donors (Lipinski definition) is 2. The lowest BCUT2D eigenvalue weighted by Crippen LogP contribution is -2.37. The van der Waals surface area contributed by atoms with Gasteiger partial charge in [-0.15, -0.1) is 0 Å². The van der Waals surface area contributed by atoms with Crippen LogP contribution in [0.25, 0.3) is 0 Å². The molecule has 1 aliphatic heterocycles. The van der Waals surface area contributed by atoms with Crippen LogP contribution in [0.2, 0.25) is 0 Å². The van der Waals surface area contributed by atoms with Gasteiger partial charge < -0.3 is 9.79 Å². The number of nitrogens with zero attached hydrogens (tertiary/aromatic N) is 3. The molecule has 0 radical (unpaired) electrons. The average molecular weight is 431 g/mol. The van der Waals surface area contributed by atoms with Crippen LogP contribution in [0.15, 0.2) is 30.3 Å². The summed E-state index contributed by atoms with van der Waals surface area (Å²) in [4.78, 5) is 26.6. The fourth-order valence-electron chi connectivity index (χ4n) is 3.29. The van der Waals surface area contributed by atoms with Gasteiger partial charge in [0.25, 0.3) is 0 Å². The molecule has 7 nitrogen and oxygen atoms in total. The zero-order valence-electron chi connectivity index (χ0n) is 17.1. The van der Waals surface area contributed by atoms with Gasteiger partial charge in [0, 0.05) is 58.1 Å². The minimum atomic E-state index is -3.16. The van der Waals surface area contributed by atoms with Crippen molar-refractivity contribution in [3.8, 4) is 0 Å². The second-order valence-electron chi connectivity index (χ2n) is 7.61. The molecule has 2 atom stereocenters. The fourth-order valence-corrected chi connectivity index (χ4v) is 5.51. The van der Waals surface area contributed by atoms with E-state index in [2.05, 4.69) is 17.0 Å². The summed E-state index contributed by atoms with van der Waals surface area (Å²) in [7, 11) is -6.32. The smallest absolute Gasteiger partial charge is 0.213 e. The molecular weight excluding hydrogens is 396 g/mol. The molecule has 1 heterocycles. The van der Waals surface area contributed by atoms with Gasteiger partial charge in [-0.3, -0.25) is 23.8 Å². The molecule has 9 heteroatoms. The van der Waals surface area contributed by atoms with Crippen LogP contribution in [-0.2, 0) is 15.7 Å². The maximum absolute atomic E-state index is 12.3. The van der Waals surface area contributed by atoms with E-state index in [-0.39, 0.29) is 24.9 Å². The Kier molecular flexibility index (Phi) is 9.36. The maximum Gasteiger partial charge on any atom is 0.213 e. The topological polar surface area (TPSA) is 84.3 Å². The Morgan fingerprint density at radius 2 is 1.14 bits per heavy atom. The molecule has 28 heavy (non-hydrogen) atoms. The molecule has 1 aromatic carbocycles. The van der Waals surface area contributed by atoms with Crippen molar-refractivity contribution < 1.29 is 18.9 Å². The van der Waals surface area contributed by atoms with Crippen LogP contribution >= 0.6 is 14.7 Å². The average Bonchev–Trinajstić information content (AvgIpc) is 2.75. The van der Waals surface area contributed by atoms with Crippen molar-refractivity contribution in [2.45, 2.75) is 20.4 Å². The normalized spacial score (nSPS) is 22.6. The Balaban J connectivity index is 2.10. The molecule has 160 valence electrons. The second-order valence-corrected chi connectivity index (χ2v) is 12.8. The van der Waals surface area contributed by atoms with Gasteiger partial charge >= 0.3 is 0 Å². The van der Waals surface area contributed by atoms with Crippen LogP contribution in [0, 0.1) is 0 Å². The highest BCUT2D eigenvalue weighted by Gasteiger charge is 2.25. The van der Waals surface area contributed by atoms with Crippen molar-refractivity contribution in [2.24, 2.45) is 0 Å². The van der Waals surface area contributed by atoms with Crippen LogP contribution in [-0.4, -0.2) is 88.7 Å². The summed E-state index contributed by atoms with van der Waals surface area (Å²) in [6, 6.07) is 10.2. The summed E-state index contributed by atoms with van der Waals surface area (Å²) in [5.41, 5.74) is 1.22. The van der Waals surface area contributed by atoms with E-state index >= 15 is 0 Å². The Bertz CT molecular complexity index is 651. The van der Waals surface area contributed by atoms with Gasteiger partial charge in [0.05, 0.1) is 12.6 Å². The fraction of sp³-hybridized carbons (Fsp3) is 0.684. The molecular formula is C19H35N3O4P2. The Labute approximate surface area is 169 Å². The summed E-state index contributed by atoms with van der Waals surface area (Å²) < 4.78 is 24.5. The van der Waals surface area contributed by atoms with Crippen molar-refractivity contribution in [3.63, 3.8) is 0 Å². The van der Waals surface area contributed by atoms with Gasteiger partial charge in [0.15, 0.2) is 0 Å². The monoisotopic (exact) mass is 431 g/mol. The number of benzene rings is 1. The first-order valence-electron chi connectivity index (χ1n) is 10.1. The summed E-state index contributed by atoms with van der Waals surface area (Å²) in [6.07, 6.45) is 0.896. The summed E-state index contributed by atoms with van der Waals surface area (Å²) in [6.45, 7) is 8.60. The highest BCUT2D eigenvalue weighted by molar-refractivity contribution is 7.58. The lowest BCUT2D eigenvalue weighted by Gasteiger charge is -2.27. The molecule has 0 bridgehead atoms. The highest BCUT2D eigenvalue weighted by atomic mass is 31.2. The zero-order valence-corrected chi connectivity index (χ0v) is 18.9. The Morgan fingerprint density at radius 3 is 1.54 bits per heavy atom. The van der Waals surface area contributed by atoms with Crippen LogP contribution in [0.3, 0.4) is 0 Å². The molecule has 2 unspecified atom stereocenters. The van der Waals surface area contributed by atoms with Crippen molar-refractivity contribution in [2.75, 3.05) is 64.2 Å². The number of hydrogen-bond acceptors (Lipinski definition) is 5. The Morgan fingerprint density at radius 1 is 0.750 bits per heavy atom. The van der Waals surface area contributed by atoms with Gasteiger partial charge in [-0.25, -0.2) is 0 Å². The molecule has 1 aromatic rings. The molecule has 1 aliphatic rings. The third-order valence-electron chi connectivity index (χ3n) is 5.28. The third-order valence-corrected chi connectivity index (χ3v) is 8.94. The van der Waals surface area contributed by atoms with Gasteiger partial charge in [-0.2, -0.15) is 0 Å². The van der Waals surface area contributed by atoms with Crippen LogP contribution in [0.4, 0.5) is 0 Å². The van der Waals surface area contributed by atoms with Crippen LogP contribution in [0.1, 0.15) is 19.4 Å². The molecule has 2 N–H and O–H groups in total. The summed E-state index contributed by atoms with van der Waals surface area (Å²) in [5, 5.41) is 0. The van der Waals surface area contributed by atoms with E-state index in [4.69, 9.17) is 0 Å². The highest BCUT2D eigenvalue weighted by Crippen LogP contribution is 2.41. The van der Waals surface area contributed by atoms with E-state index in [0.717, 1.165) is 32.7 Å². The van der Waals surface area contributed by atoms with Crippen molar-refractivity contribution in [1.82, 2.24) is 14.7 Å². The minimum absolute atomic E-state index is 0.182. The van der Waals surface area contributed by atoms with Gasteiger partial charge in [-0.1, -0.05) is 44.2 Å². The van der Waals surface area contributed by atoms with Crippen LogP contribution in [0.5, 0.6) is 0 Å². The van der Waals surface area contributed by atoms with Gasteiger partial charge in [0.1, 0.15) is 0 Å². The van der Waals surface area contributed by atoms with E-state index in [1.54, 1.807) is 13.8 Å². The predicted octanol–water partition coefficient (Wildman–Crippen LogP) is 2.60. The molecule has 1 fully saturated rings. The quantitative estimate of drug-likeness (QED) is 0.612. The largest absolute Gasteiger partial charge is 0.343 e. The molecule has 0 spiro atoms. The number of rotatable bonds is 8. The van der Waals surface area contributed by atoms with E-state index in [9.17, 15) is 18.9 Å². The summed E-state index contributed by atoms with van der Waals surface area (Å²) >= 11 is 0. The van der Waals surface area contributed by atoms with Gasteiger partial charge in [0.2, 0.25) is 14.7 Å². The first kappa shape index (κ1) is 23.8. The van der Waals surface area contributed by atoms with E-state index in [0.29, 0.717) is 13.1 Å².